The number of aromatic nitrogens is 3. The molecule has 1 amide bonds. The molecular weight excluding hydrogens is 372 g/mol. The zero-order chi connectivity index (χ0) is 20.5. The van der Waals surface area contributed by atoms with Gasteiger partial charge in [0, 0.05) is 20.6 Å². The van der Waals surface area contributed by atoms with E-state index in [1.807, 2.05) is 30.3 Å². The second kappa shape index (κ2) is 7.31. The van der Waals surface area contributed by atoms with Crippen LogP contribution in [0.4, 0.5) is 0 Å². The van der Waals surface area contributed by atoms with E-state index in [9.17, 15) is 14.4 Å². The Morgan fingerprint density at radius 1 is 1.03 bits per heavy atom. The quantitative estimate of drug-likeness (QED) is 0.559. The molecule has 4 aromatic rings. The van der Waals surface area contributed by atoms with Crippen LogP contribution in [0.2, 0.25) is 0 Å². The lowest BCUT2D eigenvalue weighted by atomic mass is 10.2. The van der Waals surface area contributed by atoms with E-state index in [1.54, 1.807) is 23.7 Å². The Balaban J connectivity index is 1.85. The summed E-state index contributed by atoms with van der Waals surface area (Å²) in [6.45, 7) is 0.559. The van der Waals surface area contributed by atoms with Crippen LogP contribution in [-0.4, -0.2) is 19.6 Å². The molecule has 0 aliphatic carbocycles. The summed E-state index contributed by atoms with van der Waals surface area (Å²) < 4.78 is 9.39. The lowest BCUT2D eigenvalue weighted by Gasteiger charge is -2.13. The van der Waals surface area contributed by atoms with Crippen molar-refractivity contribution in [1.82, 2.24) is 19.0 Å². The fraction of sp³-hybridized carbons (Fsp3) is 0.190. The highest BCUT2D eigenvalue weighted by Crippen LogP contribution is 2.18. The van der Waals surface area contributed by atoms with Crippen LogP contribution in [0.1, 0.15) is 21.8 Å². The molecule has 0 spiro atoms. The van der Waals surface area contributed by atoms with Crippen LogP contribution in [0.5, 0.6) is 0 Å². The standard InChI is InChI=1S/C21H20N4O4/c1-23-19-16(20(27)24(2)21(23)28)11-17(18(26)22-12-15-9-6-10-29-15)25(19)13-14-7-4-3-5-8-14/h3-11H,12-13H2,1-2H3,(H,22,26). The first-order valence-corrected chi connectivity index (χ1v) is 9.11. The molecule has 0 fully saturated rings. The highest BCUT2D eigenvalue weighted by molar-refractivity contribution is 5.97. The maximum Gasteiger partial charge on any atom is 0.332 e. The van der Waals surface area contributed by atoms with Crippen molar-refractivity contribution in [1.29, 1.82) is 0 Å². The topological polar surface area (TPSA) is 91.2 Å². The number of hydrogen-bond acceptors (Lipinski definition) is 4. The number of carbonyl (C=O) groups excluding carboxylic acids is 1. The van der Waals surface area contributed by atoms with Gasteiger partial charge in [-0.05, 0) is 23.8 Å². The molecule has 0 unspecified atom stereocenters. The Bertz CT molecular complexity index is 1290. The van der Waals surface area contributed by atoms with Crippen molar-refractivity contribution in [3.63, 3.8) is 0 Å². The van der Waals surface area contributed by atoms with Gasteiger partial charge in [0.05, 0.1) is 18.2 Å². The molecule has 8 nitrogen and oxygen atoms in total. The predicted molar refractivity (Wildman–Crippen MR) is 108 cm³/mol. The van der Waals surface area contributed by atoms with Gasteiger partial charge in [-0.15, -0.1) is 0 Å². The van der Waals surface area contributed by atoms with Crippen LogP contribution in [-0.2, 0) is 27.2 Å². The van der Waals surface area contributed by atoms with Crippen molar-refractivity contribution >= 4 is 16.9 Å². The van der Waals surface area contributed by atoms with Crippen LogP contribution in [0.25, 0.3) is 11.0 Å². The van der Waals surface area contributed by atoms with E-state index in [2.05, 4.69) is 5.32 Å². The maximum absolute atomic E-state index is 12.9. The summed E-state index contributed by atoms with van der Waals surface area (Å²) in [6.07, 6.45) is 1.54. The Morgan fingerprint density at radius 3 is 2.48 bits per heavy atom. The Kier molecular flexibility index (Phi) is 4.67. The van der Waals surface area contributed by atoms with E-state index in [4.69, 9.17) is 4.42 Å². The smallest absolute Gasteiger partial charge is 0.332 e. The molecular formula is C21H20N4O4. The number of amides is 1. The van der Waals surface area contributed by atoms with Gasteiger partial charge < -0.3 is 14.3 Å². The molecule has 29 heavy (non-hydrogen) atoms. The van der Waals surface area contributed by atoms with Gasteiger partial charge in [-0.2, -0.15) is 0 Å². The second-order valence-corrected chi connectivity index (χ2v) is 6.81. The van der Waals surface area contributed by atoms with E-state index < -0.39 is 11.2 Å². The molecule has 0 bridgehead atoms. The predicted octanol–water partition coefficient (Wildman–Crippen LogP) is 1.61. The SMILES string of the molecule is Cn1c(=O)c2cc(C(=O)NCc3ccco3)n(Cc3ccccc3)c2n(C)c1=O. The van der Waals surface area contributed by atoms with Crippen LogP contribution in [0.3, 0.4) is 0 Å². The summed E-state index contributed by atoms with van der Waals surface area (Å²) in [6, 6.07) is 14.6. The van der Waals surface area contributed by atoms with Crippen LogP contribution >= 0.6 is 0 Å². The number of hydrogen-bond donors (Lipinski definition) is 1. The first kappa shape index (κ1) is 18.5. The third-order valence-corrected chi connectivity index (χ3v) is 4.91. The maximum atomic E-state index is 12.9. The Hall–Kier alpha value is -3.81. The molecule has 0 atom stereocenters. The molecule has 0 saturated heterocycles. The van der Waals surface area contributed by atoms with Crippen LogP contribution < -0.4 is 16.6 Å². The van der Waals surface area contributed by atoms with Gasteiger partial charge in [-0.3, -0.25) is 18.7 Å². The monoisotopic (exact) mass is 392 g/mol. The summed E-state index contributed by atoms with van der Waals surface area (Å²) in [5.74, 6) is 0.260. The minimum absolute atomic E-state index is 0.218. The number of carbonyl (C=O) groups is 1. The van der Waals surface area contributed by atoms with Crippen molar-refractivity contribution in [2.24, 2.45) is 14.1 Å². The lowest BCUT2D eigenvalue weighted by Crippen LogP contribution is -2.37. The molecule has 0 aliphatic heterocycles. The fourth-order valence-corrected chi connectivity index (χ4v) is 3.43. The third kappa shape index (κ3) is 3.29. The molecule has 3 heterocycles. The average Bonchev–Trinajstić information content (AvgIpc) is 3.38. The zero-order valence-electron chi connectivity index (χ0n) is 16.1. The average molecular weight is 392 g/mol. The number of furan rings is 1. The number of benzene rings is 1. The third-order valence-electron chi connectivity index (χ3n) is 4.91. The van der Waals surface area contributed by atoms with E-state index >= 15 is 0 Å². The van der Waals surface area contributed by atoms with E-state index in [0.29, 0.717) is 29.0 Å². The molecule has 1 N–H and O–H groups in total. The Labute approximate surface area is 165 Å². The summed E-state index contributed by atoms with van der Waals surface area (Å²) >= 11 is 0. The molecule has 148 valence electrons. The van der Waals surface area contributed by atoms with Crippen LogP contribution in [0.15, 0.2) is 68.8 Å². The van der Waals surface area contributed by atoms with Crippen molar-refractivity contribution in [2.45, 2.75) is 13.1 Å². The summed E-state index contributed by atoms with van der Waals surface area (Å²) in [5.41, 5.74) is 0.768. The second-order valence-electron chi connectivity index (χ2n) is 6.81. The minimum Gasteiger partial charge on any atom is -0.467 e. The zero-order valence-corrected chi connectivity index (χ0v) is 16.1. The van der Waals surface area contributed by atoms with Gasteiger partial charge in [-0.25, -0.2) is 4.79 Å². The van der Waals surface area contributed by atoms with Gasteiger partial charge in [0.1, 0.15) is 17.1 Å². The summed E-state index contributed by atoms with van der Waals surface area (Å²) in [5, 5.41) is 3.12. The number of fused-ring (bicyclic) bond motifs is 1. The van der Waals surface area contributed by atoms with Crippen molar-refractivity contribution in [2.75, 3.05) is 0 Å². The molecule has 0 radical (unpaired) electrons. The van der Waals surface area contributed by atoms with E-state index in [1.165, 1.54) is 23.9 Å². The van der Waals surface area contributed by atoms with Crippen molar-refractivity contribution < 1.29 is 9.21 Å². The van der Waals surface area contributed by atoms with Crippen molar-refractivity contribution in [3.8, 4) is 0 Å². The minimum atomic E-state index is -0.447. The van der Waals surface area contributed by atoms with Gasteiger partial charge in [0.2, 0.25) is 0 Å². The summed E-state index contributed by atoms with van der Waals surface area (Å²) in [7, 11) is 3.02. The number of nitrogens with one attached hydrogen (secondary N) is 1. The Morgan fingerprint density at radius 2 is 1.79 bits per heavy atom. The van der Waals surface area contributed by atoms with Gasteiger partial charge in [0.25, 0.3) is 11.5 Å². The van der Waals surface area contributed by atoms with Gasteiger partial charge in [-0.1, -0.05) is 30.3 Å². The van der Waals surface area contributed by atoms with Gasteiger partial charge in [0.15, 0.2) is 0 Å². The van der Waals surface area contributed by atoms with Crippen molar-refractivity contribution in [3.05, 3.63) is 92.6 Å². The lowest BCUT2D eigenvalue weighted by molar-refractivity contribution is 0.0939. The molecule has 3 aromatic heterocycles. The normalized spacial score (nSPS) is 11.1. The highest BCUT2D eigenvalue weighted by Gasteiger charge is 2.21. The number of nitrogens with zero attached hydrogens (tertiary/aromatic N) is 3. The molecule has 0 aliphatic rings. The molecule has 0 saturated carbocycles. The van der Waals surface area contributed by atoms with Crippen LogP contribution in [0, 0.1) is 0 Å². The largest absolute Gasteiger partial charge is 0.467 e. The summed E-state index contributed by atoms with van der Waals surface area (Å²) in [4.78, 5) is 38.1. The van der Waals surface area contributed by atoms with E-state index in [0.717, 1.165) is 10.1 Å². The molecule has 4 rings (SSSR count). The van der Waals surface area contributed by atoms with E-state index in [-0.39, 0.29) is 12.5 Å². The molecule has 8 heteroatoms. The first-order valence-electron chi connectivity index (χ1n) is 9.11. The number of rotatable bonds is 5. The first-order chi connectivity index (χ1) is 14.0. The van der Waals surface area contributed by atoms with Gasteiger partial charge >= 0.3 is 5.69 Å². The molecule has 1 aromatic carbocycles. The number of aryl methyl sites for hydroxylation is 1. The highest BCUT2D eigenvalue weighted by atomic mass is 16.3. The fourth-order valence-electron chi connectivity index (χ4n) is 3.43.